The average molecular weight is 197 g/mol. The quantitative estimate of drug-likeness (QED) is 0.331. The van der Waals surface area contributed by atoms with Crippen molar-refractivity contribution in [3.05, 3.63) is 0 Å². The zero-order chi connectivity index (χ0) is 8.86. The smallest absolute Gasteiger partial charge is 0.337 e. The van der Waals surface area contributed by atoms with Crippen molar-refractivity contribution in [1.29, 1.82) is 0 Å². The molecule has 0 aromatic carbocycles. The fraction of sp³-hybridized carbons (Fsp3) is 0.667. The molecule has 0 saturated carbocycles. The van der Waals surface area contributed by atoms with Crippen LogP contribution in [0.2, 0.25) is 0 Å². The van der Waals surface area contributed by atoms with Crippen molar-refractivity contribution in [1.82, 2.24) is 0 Å². The third-order valence-electron chi connectivity index (χ3n) is 1.83. The second-order valence-corrected chi connectivity index (χ2v) is 4.19. The van der Waals surface area contributed by atoms with Gasteiger partial charge in [0.25, 0.3) is 0 Å². The lowest BCUT2D eigenvalue weighted by molar-refractivity contribution is -0.153. The van der Waals surface area contributed by atoms with E-state index in [-0.39, 0.29) is 0 Å². The van der Waals surface area contributed by atoms with E-state index in [1.54, 1.807) is 0 Å². The van der Waals surface area contributed by atoms with Crippen LogP contribution in [0.25, 0.3) is 0 Å². The molecule has 0 aliphatic carbocycles. The summed E-state index contributed by atoms with van der Waals surface area (Å²) in [6, 6.07) is 0. The van der Waals surface area contributed by atoms with Crippen LogP contribution in [0.5, 0.6) is 0 Å². The largest absolute Gasteiger partial charge is 0.390 e. The highest BCUT2D eigenvalue weighted by atomic mass is 35.5. The molecule has 62 valence electrons. The lowest BCUT2D eigenvalue weighted by Gasteiger charge is -2.20. The van der Waals surface area contributed by atoms with Crippen molar-refractivity contribution in [2.24, 2.45) is 0 Å². The van der Waals surface area contributed by atoms with E-state index in [4.69, 9.17) is 23.2 Å². The summed E-state index contributed by atoms with van der Waals surface area (Å²) >= 11 is 11.4. The highest BCUT2D eigenvalue weighted by Gasteiger charge is 2.62. The van der Waals surface area contributed by atoms with E-state index in [1.165, 1.54) is 13.8 Å². The summed E-state index contributed by atoms with van der Waals surface area (Å²) in [6.45, 7) is 2.71. The molecule has 0 aromatic heterocycles. The fourth-order valence-electron chi connectivity index (χ4n) is 0.659. The van der Waals surface area contributed by atoms with Crippen molar-refractivity contribution >= 4 is 35.1 Å². The van der Waals surface area contributed by atoms with Crippen molar-refractivity contribution in [3.63, 3.8) is 0 Å². The third kappa shape index (κ3) is 0.948. The van der Waals surface area contributed by atoms with Gasteiger partial charge < -0.3 is 4.74 Å². The van der Waals surface area contributed by atoms with Crippen molar-refractivity contribution in [2.75, 3.05) is 0 Å². The van der Waals surface area contributed by atoms with Crippen LogP contribution >= 0.6 is 23.2 Å². The Morgan fingerprint density at radius 1 is 1.09 bits per heavy atom. The topological polar surface area (TPSA) is 43.4 Å². The average Bonchev–Trinajstić information content (AvgIpc) is 1.95. The van der Waals surface area contributed by atoms with Gasteiger partial charge in [-0.2, -0.15) is 0 Å². The maximum Gasteiger partial charge on any atom is 0.337 e. The van der Waals surface area contributed by atoms with Crippen LogP contribution in [0.15, 0.2) is 0 Å². The van der Waals surface area contributed by atoms with Crippen LogP contribution in [0.3, 0.4) is 0 Å². The number of ether oxygens (including phenoxy) is 1. The highest BCUT2D eigenvalue weighted by molar-refractivity contribution is 6.50. The van der Waals surface area contributed by atoms with Crippen LogP contribution in [-0.4, -0.2) is 21.7 Å². The first-order valence-electron chi connectivity index (χ1n) is 2.94. The molecule has 2 atom stereocenters. The third-order valence-corrected chi connectivity index (χ3v) is 3.00. The van der Waals surface area contributed by atoms with Crippen LogP contribution in [-0.2, 0) is 14.3 Å². The number of alkyl halides is 2. The molecule has 0 radical (unpaired) electrons. The number of carbonyl (C=O) groups is 2. The summed E-state index contributed by atoms with van der Waals surface area (Å²) < 4.78 is 4.25. The molecule has 5 heteroatoms. The van der Waals surface area contributed by atoms with Crippen LogP contribution < -0.4 is 0 Å². The molecule has 0 aromatic rings. The van der Waals surface area contributed by atoms with Crippen molar-refractivity contribution in [3.8, 4) is 0 Å². The van der Waals surface area contributed by atoms with Gasteiger partial charge in [-0.1, -0.05) is 0 Å². The number of cyclic esters (lactones) is 2. The zero-order valence-electron chi connectivity index (χ0n) is 5.98. The van der Waals surface area contributed by atoms with Gasteiger partial charge in [-0.05, 0) is 13.8 Å². The lowest BCUT2D eigenvalue weighted by atomic mass is 9.97. The normalized spacial score (nSPS) is 44.4. The van der Waals surface area contributed by atoms with Crippen LogP contribution in [0, 0.1) is 0 Å². The number of carbonyl (C=O) groups excluding carboxylic acids is 2. The minimum Gasteiger partial charge on any atom is -0.390 e. The molecule has 11 heavy (non-hydrogen) atoms. The standard InChI is InChI=1S/C6H6Cl2O3/c1-5(7)3(9)11-4(10)6(5,2)8/h1-2H3. The molecular formula is C6H6Cl2O3. The summed E-state index contributed by atoms with van der Waals surface area (Å²) in [7, 11) is 0. The van der Waals surface area contributed by atoms with Gasteiger partial charge in [0.2, 0.25) is 0 Å². The van der Waals surface area contributed by atoms with E-state index < -0.39 is 21.7 Å². The van der Waals surface area contributed by atoms with E-state index >= 15 is 0 Å². The van der Waals surface area contributed by atoms with E-state index in [1.807, 2.05) is 0 Å². The summed E-state index contributed by atoms with van der Waals surface area (Å²) in [5, 5.41) is 0. The summed E-state index contributed by atoms with van der Waals surface area (Å²) in [4.78, 5) is 18.8. The maximum absolute atomic E-state index is 10.9. The van der Waals surface area contributed by atoms with Crippen molar-refractivity contribution < 1.29 is 14.3 Å². The molecule has 0 bridgehead atoms. The molecule has 1 saturated heterocycles. The Morgan fingerprint density at radius 2 is 1.36 bits per heavy atom. The number of esters is 2. The van der Waals surface area contributed by atoms with Gasteiger partial charge in [-0.15, -0.1) is 23.2 Å². The van der Waals surface area contributed by atoms with Gasteiger partial charge in [0, 0.05) is 0 Å². The Morgan fingerprint density at radius 3 is 1.45 bits per heavy atom. The van der Waals surface area contributed by atoms with Crippen LogP contribution in [0.1, 0.15) is 13.8 Å². The molecule has 1 heterocycles. The molecule has 1 aliphatic rings. The number of rotatable bonds is 0. The minimum atomic E-state index is -1.45. The molecule has 1 fully saturated rings. The first-order chi connectivity index (χ1) is 4.80. The SMILES string of the molecule is CC1(Cl)C(=O)OC(=O)C1(C)Cl. The number of hydrogen-bond donors (Lipinski definition) is 0. The Labute approximate surface area is 73.6 Å². The minimum absolute atomic E-state index is 0.790. The van der Waals surface area contributed by atoms with Crippen LogP contribution in [0.4, 0.5) is 0 Å². The van der Waals surface area contributed by atoms with Gasteiger partial charge >= 0.3 is 11.9 Å². The number of hydrogen-bond acceptors (Lipinski definition) is 3. The van der Waals surface area contributed by atoms with E-state index in [2.05, 4.69) is 4.74 Å². The van der Waals surface area contributed by atoms with E-state index in [0.717, 1.165) is 0 Å². The molecular weight excluding hydrogens is 191 g/mol. The Balaban J connectivity index is 3.15. The second kappa shape index (κ2) is 2.11. The number of halogens is 2. The lowest BCUT2D eigenvalue weighted by Crippen LogP contribution is -2.43. The van der Waals surface area contributed by atoms with Gasteiger partial charge in [0.05, 0.1) is 0 Å². The van der Waals surface area contributed by atoms with Crippen molar-refractivity contribution in [2.45, 2.75) is 23.6 Å². The molecule has 2 unspecified atom stereocenters. The predicted octanol–water partition coefficient (Wildman–Crippen LogP) is 1.06. The molecule has 3 nitrogen and oxygen atoms in total. The van der Waals surface area contributed by atoms with Gasteiger partial charge in [-0.3, -0.25) is 0 Å². The molecule has 1 aliphatic heterocycles. The molecule has 0 amide bonds. The Hall–Kier alpha value is -0.280. The zero-order valence-corrected chi connectivity index (χ0v) is 7.49. The summed E-state index contributed by atoms with van der Waals surface area (Å²) in [6.07, 6.45) is 0. The fourth-order valence-corrected chi connectivity index (χ4v) is 0.891. The van der Waals surface area contributed by atoms with Gasteiger partial charge in [0.15, 0.2) is 9.75 Å². The van der Waals surface area contributed by atoms with E-state index in [0.29, 0.717) is 0 Å². The summed E-state index contributed by atoms with van der Waals surface area (Å²) in [5.74, 6) is -1.58. The van der Waals surface area contributed by atoms with Gasteiger partial charge in [-0.25, -0.2) is 9.59 Å². The predicted molar refractivity (Wildman–Crippen MR) is 39.6 cm³/mol. The molecule has 1 rings (SSSR count). The first-order valence-corrected chi connectivity index (χ1v) is 3.70. The monoisotopic (exact) mass is 196 g/mol. The maximum atomic E-state index is 10.9. The second-order valence-electron chi connectivity index (χ2n) is 2.68. The highest BCUT2D eigenvalue weighted by Crippen LogP contribution is 2.42. The molecule has 0 N–H and O–H groups in total. The Bertz CT molecular complexity index is 208. The van der Waals surface area contributed by atoms with E-state index in [9.17, 15) is 9.59 Å². The summed E-state index contributed by atoms with van der Waals surface area (Å²) in [5.41, 5.74) is 0. The Kier molecular flexibility index (Phi) is 1.69. The first kappa shape index (κ1) is 8.81. The van der Waals surface area contributed by atoms with Gasteiger partial charge in [0.1, 0.15) is 0 Å². The molecule has 0 spiro atoms.